The maximum absolute atomic E-state index is 7.02. The van der Waals surface area contributed by atoms with Gasteiger partial charge < -0.3 is 90.0 Å². The van der Waals surface area contributed by atoms with E-state index in [1.165, 1.54) is 0 Å². The third kappa shape index (κ3) is 36.8. The van der Waals surface area contributed by atoms with Gasteiger partial charge >= 0.3 is 0 Å². The van der Waals surface area contributed by atoms with E-state index in [-0.39, 0.29) is 64.1 Å². The van der Waals surface area contributed by atoms with E-state index in [1.54, 1.807) is 28.4 Å². The van der Waals surface area contributed by atoms with Gasteiger partial charge in [0.05, 0.1) is 196 Å². The third-order valence-electron chi connectivity index (χ3n) is 11.5. The van der Waals surface area contributed by atoms with Crippen molar-refractivity contribution in [3.63, 3.8) is 0 Å². The van der Waals surface area contributed by atoms with E-state index < -0.39 is 18.3 Å². The zero-order valence-electron chi connectivity index (χ0n) is 48.8. The molecule has 4 atom stereocenters. The second-order valence-electron chi connectivity index (χ2n) is 18.7. The van der Waals surface area contributed by atoms with Crippen molar-refractivity contribution >= 4 is 45.2 Å². The molecule has 0 fully saturated rings. The van der Waals surface area contributed by atoms with Crippen LogP contribution < -0.4 is 4.74 Å². The van der Waals surface area contributed by atoms with Crippen molar-refractivity contribution in [1.29, 1.82) is 0 Å². The predicted molar refractivity (Wildman–Crippen MR) is 322 cm³/mol. The van der Waals surface area contributed by atoms with Crippen LogP contribution in [0.25, 0.3) is 22.3 Å². The van der Waals surface area contributed by atoms with E-state index in [1.807, 2.05) is 27.7 Å². The Morgan fingerprint density at radius 1 is 0.287 bits per heavy atom. The van der Waals surface area contributed by atoms with Crippen molar-refractivity contribution in [2.75, 3.05) is 200 Å². The quantitative estimate of drug-likeness (QED) is 0.0391. The minimum atomic E-state index is -0.632. The summed E-state index contributed by atoms with van der Waals surface area (Å²) in [5.74, 6) is 0.641. The molecule has 19 nitrogen and oxygen atoms in total. The molecule has 0 aliphatic rings. The fourth-order valence-electron chi connectivity index (χ4n) is 7.09. The van der Waals surface area contributed by atoms with Gasteiger partial charge in [-0.25, -0.2) is 0 Å². The van der Waals surface area contributed by atoms with E-state index in [2.05, 4.69) is 112 Å². The molecule has 0 aromatic heterocycles. The SMILES string of the molecule is COCCOCCOC[C@H](C)OCC(CO[C@@H](C)COCCOCCOC)OCC(COC(CO[C@@H](C)COCCOCCOC)CO[C@@H](C)COCCOCCOC)Oc1cc(-c2ccc(I)cc2)cc(-c2ccc(I)cc2)c1. The summed E-state index contributed by atoms with van der Waals surface area (Å²) in [6.07, 6.45) is -2.65. The Hall–Kier alpha value is -1.80. The van der Waals surface area contributed by atoms with Crippen LogP contribution in [0.3, 0.4) is 0 Å². The monoisotopic (exact) mass is 1360 g/mol. The number of rotatable bonds is 54. The number of methoxy groups -OCH3 is 4. The summed E-state index contributed by atoms with van der Waals surface area (Å²) >= 11 is 4.65. The van der Waals surface area contributed by atoms with Crippen LogP contribution in [0, 0.1) is 7.14 Å². The Bertz CT molecular complexity index is 1710. The second-order valence-corrected chi connectivity index (χ2v) is 21.2. The Morgan fingerprint density at radius 2 is 0.550 bits per heavy atom. The minimum absolute atomic E-state index is 0.110. The van der Waals surface area contributed by atoms with Gasteiger partial charge in [-0.05, 0) is 138 Å². The molecule has 0 unspecified atom stereocenters. The van der Waals surface area contributed by atoms with Crippen molar-refractivity contribution < 1.29 is 90.0 Å². The van der Waals surface area contributed by atoms with Crippen LogP contribution in [0.1, 0.15) is 27.7 Å². The molecule has 0 heterocycles. The van der Waals surface area contributed by atoms with Crippen LogP contribution in [0.15, 0.2) is 66.7 Å². The smallest absolute Gasteiger partial charge is 0.145 e. The molecule has 458 valence electrons. The van der Waals surface area contributed by atoms with Gasteiger partial charge in [-0.1, -0.05) is 24.3 Å². The summed E-state index contributed by atoms with van der Waals surface area (Å²) < 4.78 is 114. The van der Waals surface area contributed by atoms with Crippen LogP contribution in [0.2, 0.25) is 0 Å². The average molecular weight is 1360 g/mol. The topological polar surface area (TPSA) is 175 Å². The zero-order valence-corrected chi connectivity index (χ0v) is 53.1. The van der Waals surface area contributed by atoms with Gasteiger partial charge in [0.15, 0.2) is 0 Å². The van der Waals surface area contributed by atoms with Gasteiger partial charge in [0.1, 0.15) is 24.1 Å². The lowest BCUT2D eigenvalue weighted by atomic mass is 9.98. The summed E-state index contributed by atoms with van der Waals surface area (Å²) in [7, 11) is 6.57. The van der Waals surface area contributed by atoms with Crippen LogP contribution in [-0.4, -0.2) is 243 Å². The molecule has 0 bridgehead atoms. The van der Waals surface area contributed by atoms with Crippen LogP contribution in [0.4, 0.5) is 0 Å². The highest BCUT2D eigenvalue weighted by Crippen LogP contribution is 2.33. The van der Waals surface area contributed by atoms with E-state index in [9.17, 15) is 0 Å². The lowest BCUT2D eigenvalue weighted by Crippen LogP contribution is -2.39. The van der Waals surface area contributed by atoms with E-state index in [0.29, 0.717) is 138 Å². The molecule has 0 radical (unpaired) electrons. The highest BCUT2D eigenvalue weighted by molar-refractivity contribution is 14.1. The normalized spacial score (nSPS) is 13.5. The molecule has 0 saturated carbocycles. The fraction of sp³-hybridized carbons (Fsp3) is 0.695. The molecular formula is C59H94I2O19. The fourth-order valence-corrected chi connectivity index (χ4v) is 7.81. The third-order valence-corrected chi connectivity index (χ3v) is 12.9. The summed E-state index contributed by atoms with van der Waals surface area (Å²) in [5.41, 5.74) is 4.10. The van der Waals surface area contributed by atoms with Gasteiger partial charge in [-0.2, -0.15) is 0 Å². The lowest BCUT2D eigenvalue weighted by Gasteiger charge is -2.28. The van der Waals surface area contributed by atoms with Crippen molar-refractivity contribution in [3.05, 3.63) is 73.9 Å². The molecule has 0 saturated heterocycles. The van der Waals surface area contributed by atoms with Gasteiger partial charge in [0, 0.05) is 35.6 Å². The molecule has 3 rings (SSSR count). The molecule has 3 aromatic rings. The Labute approximate surface area is 504 Å². The van der Waals surface area contributed by atoms with E-state index in [0.717, 1.165) is 29.4 Å². The highest BCUT2D eigenvalue weighted by Gasteiger charge is 2.23. The van der Waals surface area contributed by atoms with Gasteiger partial charge in [-0.15, -0.1) is 0 Å². The minimum Gasteiger partial charge on any atom is -0.486 e. The lowest BCUT2D eigenvalue weighted by molar-refractivity contribution is -0.136. The molecule has 0 spiro atoms. The van der Waals surface area contributed by atoms with Crippen molar-refractivity contribution in [2.45, 2.75) is 70.4 Å². The van der Waals surface area contributed by atoms with Crippen molar-refractivity contribution in [1.82, 2.24) is 0 Å². The van der Waals surface area contributed by atoms with E-state index >= 15 is 0 Å². The van der Waals surface area contributed by atoms with Crippen LogP contribution in [0.5, 0.6) is 5.75 Å². The Kier molecular flexibility index (Phi) is 43.9. The first kappa shape index (κ1) is 72.5. The second kappa shape index (κ2) is 48.4. The molecular weight excluding hydrogens is 1270 g/mol. The first-order chi connectivity index (χ1) is 39.0. The first-order valence-electron chi connectivity index (χ1n) is 27.6. The molecule has 3 aromatic carbocycles. The van der Waals surface area contributed by atoms with Crippen LogP contribution >= 0.6 is 45.2 Å². The van der Waals surface area contributed by atoms with E-state index in [4.69, 9.17) is 90.0 Å². The number of ether oxygens (including phenoxy) is 19. The van der Waals surface area contributed by atoms with Crippen LogP contribution in [-0.2, 0) is 85.3 Å². The summed E-state index contributed by atoms with van der Waals surface area (Å²) in [4.78, 5) is 0. The Morgan fingerprint density at radius 3 is 0.838 bits per heavy atom. The number of hydrogen-bond acceptors (Lipinski definition) is 19. The number of benzene rings is 3. The largest absolute Gasteiger partial charge is 0.486 e. The zero-order chi connectivity index (χ0) is 57.7. The molecule has 21 heteroatoms. The number of hydrogen-bond donors (Lipinski definition) is 0. The summed E-state index contributed by atoms with van der Waals surface area (Å²) in [6.45, 7) is 18.0. The summed E-state index contributed by atoms with van der Waals surface area (Å²) in [6, 6.07) is 23.2. The van der Waals surface area contributed by atoms with Gasteiger partial charge in [-0.3, -0.25) is 0 Å². The average Bonchev–Trinajstić information content (AvgIpc) is 3.46. The maximum Gasteiger partial charge on any atom is 0.145 e. The van der Waals surface area contributed by atoms with Gasteiger partial charge in [0.2, 0.25) is 0 Å². The molecule has 0 N–H and O–H groups in total. The molecule has 80 heavy (non-hydrogen) atoms. The maximum atomic E-state index is 7.02. The van der Waals surface area contributed by atoms with Crippen molar-refractivity contribution in [3.8, 4) is 28.0 Å². The highest BCUT2D eigenvalue weighted by atomic mass is 127. The molecule has 0 aliphatic heterocycles. The van der Waals surface area contributed by atoms with Gasteiger partial charge in [0.25, 0.3) is 0 Å². The molecule has 0 amide bonds. The standard InChI is InChI=1S/C59H94I2O19/c1-46(36-70-29-25-66-21-17-62-5)74-40-57(41-75-47(2)37-71-30-26-67-22-18-63-6)78-44-59(80-56-34-52(50-9-13-54(60)14-10-50)33-53(35-56)51-11-15-55(61)16-12-51)45-79-58(42-76-48(3)38-72-31-27-68-23-19-64-7)43-77-49(4)39-73-32-28-69-24-20-65-8/h9-16,33-35,46-49,57-59H,17-32,36-45H2,1-8H3/t46-,47-,48-,49-/m0/s1. The first-order valence-corrected chi connectivity index (χ1v) is 29.8. The number of halogens is 2. The Balaban J connectivity index is 1.90. The summed E-state index contributed by atoms with van der Waals surface area (Å²) in [5, 5.41) is 0. The van der Waals surface area contributed by atoms with Crippen molar-refractivity contribution in [2.24, 2.45) is 0 Å². The molecule has 0 aliphatic carbocycles. The predicted octanol–water partition coefficient (Wildman–Crippen LogP) is 8.09.